The number of nitrogens with zero attached hydrogens (tertiary/aromatic N) is 6. The second-order valence-corrected chi connectivity index (χ2v) is 14.1. The van der Waals surface area contributed by atoms with Gasteiger partial charge in [0.05, 0.1) is 23.0 Å². The Balaban J connectivity index is 0.828. The molecule has 6 heterocycles. The summed E-state index contributed by atoms with van der Waals surface area (Å²) in [4.78, 5) is 79.6. The quantitative estimate of drug-likeness (QED) is 0.200. The summed E-state index contributed by atoms with van der Waals surface area (Å²) in [6, 6.07) is 12.8. The molecule has 14 nitrogen and oxygen atoms in total. The highest BCUT2D eigenvalue weighted by Crippen LogP contribution is 2.36. The minimum absolute atomic E-state index is 0.0909. The number of hydrogen-bond acceptors (Lipinski definition) is 12. The SMILES string of the molecule is O=C1CCC(N2C(=O)c3cccc(N4CCC(CCN5CCN(c6ncc(Cl)c(Nc7ccc8oc(=O)ccc8c7)n6)CC5)CC4)c3C2=O)C(=O)N1. The smallest absolute Gasteiger partial charge is 0.336 e. The van der Waals surface area contributed by atoms with Crippen molar-refractivity contribution in [3.63, 3.8) is 0 Å². The second-order valence-electron chi connectivity index (χ2n) is 13.7. The second kappa shape index (κ2) is 14.0. The molecule has 0 bridgehead atoms. The van der Waals surface area contributed by atoms with E-state index in [9.17, 15) is 24.0 Å². The molecular weight excluding hydrogens is 688 g/mol. The van der Waals surface area contributed by atoms with Crippen molar-refractivity contribution in [3.8, 4) is 0 Å². The van der Waals surface area contributed by atoms with Gasteiger partial charge in [0, 0.05) is 62.8 Å². The minimum Gasteiger partial charge on any atom is -0.423 e. The molecule has 3 saturated heterocycles. The van der Waals surface area contributed by atoms with Gasteiger partial charge in [0.25, 0.3) is 11.8 Å². The van der Waals surface area contributed by atoms with Crippen LogP contribution in [0.1, 0.15) is 52.8 Å². The number of aromatic nitrogens is 2. The van der Waals surface area contributed by atoms with Gasteiger partial charge in [-0.15, -0.1) is 0 Å². The first kappa shape index (κ1) is 33.8. The van der Waals surface area contributed by atoms with Crippen LogP contribution in [0.3, 0.4) is 0 Å². The van der Waals surface area contributed by atoms with Crippen LogP contribution in [0.25, 0.3) is 11.0 Å². The van der Waals surface area contributed by atoms with E-state index >= 15 is 0 Å². The Morgan fingerprint density at radius 3 is 2.48 bits per heavy atom. The molecule has 2 aromatic heterocycles. The van der Waals surface area contributed by atoms with Crippen molar-refractivity contribution < 1.29 is 23.6 Å². The predicted molar refractivity (Wildman–Crippen MR) is 194 cm³/mol. The summed E-state index contributed by atoms with van der Waals surface area (Å²) in [6.07, 6.45) is 4.86. The Morgan fingerprint density at radius 2 is 1.69 bits per heavy atom. The molecule has 15 heteroatoms. The van der Waals surface area contributed by atoms with Gasteiger partial charge in [-0.2, -0.15) is 4.98 Å². The first-order valence-electron chi connectivity index (χ1n) is 17.6. The molecule has 0 saturated carbocycles. The van der Waals surface area contributed by atoms with Gasteiger partial charge in [-0.05, 0) is 74.5 Å². The number of rotatable bonds is 8. The van der Waals surface area contributed by atoms with Crippen LogP contribution >= 0.6 is 11.6 Å². The van der Waals surface area contributed by atoms with Crippen LogP contribution in [0.5, 0.6) is 0 Å². The Hall–Kier alpha value is -5.34. The zero-order valence-electron chi connectivity index (χ0n) is 28.3. The van der Waals surface area contributed by atoms with E-state index < -0.39 is 35.3 Å². The Bertz CT molecular complexity index is 2140. The highest BCUT2D eigenvalue weighted by molar-refractivity contribution is 6.33. The van der Waals surface area contributed by atoms with E-state index in [2.05, 4.69) is 30.3 Å². The number of nitrogens with one attached hydrogen (secondary N) is 2. The number of piperazine rings is 1. The predicted octanol–water partition coefficient (Wildman–Crippen LogP) is 3.81. The topological polar surface area (TPSA) is 161 Å². The van der Waals surface area contributed by atoms with Gasteiger partial charge in [0.1, 0.15) is 16.6 Å². The standard InChI is InChI=1S/C37H37ClN8O6/c38-26-21-39-37(42-33(26)40-24-5-7-29-23(20-24)4-9-31(48)52-29)45-18-16-43(17-19-45)13-10-22-11-14-44(15-12-22)27-3-1-2-25-32(27)36(51)46(35(25)50)28-6-8-30(47)41-34(28)49/h1-5,7,9,20-22,28H,6,8,10-19H2,(H,39,40,42)(H,41,47,49). The lowest BCUT2D eigenvalue weighted by atomic mass is 9.92. The number of amides is 4. The lowest BCUT2D eigenvalue weighted by Crippen LogP contribution is -2.54. The molecule has 4 amide bonds. The molecule has 8 rings (SSSR count). The van der Waals surface area contributed by atoms with Crippen LogP contribution in [-0.4, -0.2) is 95.3 Å². The number of anilines is 4. The van der Waals surface area contributed by atoms with Gasteiger partial charge in [0.2, 0.25) is 17.8 Å². The van der Waals surface area contributed by atoms with Crippen molar-refractivity contribution in [3.05, 3.63) is 81.3 Å². The van der Waals surface area contributed by atoms with E-state index in [1.54, 1.807) is 30.5 Å². The van der Waals surface area contributed by atoms with E-state index in [-0.39, 0.29) is 12.8 Å². The van der Waals surface area contributed by atoms with E-state index in [0.717, 1.165) is 86.7 Å². The first-order chi connectivity index (χ1) is 25.2. The number of hydrogen-bond donors (Lipinski definition) is 2. The molecule has 1 atom stereocenters. The number of carbonyl (C=O) groups excluding carboxylic acids is 4. The fourth-order valence-corrected chi connectivity index (χ4v) is 7.78. The van der Waals surface area contributed by atoms with Crippen molar-refractivity contribution in [1.82, 2.24) is 25.1 Å². The largest absolute Gasteiger partial charge is 0.423 e. The summed E-state index contributed by atoms with van der Waals surface area (Å²) >= 11 is 6.46. The van der Waals surface area contributed by atoms with Crippen LogP contribution in [0.15, 0.2) is 63.9 Å². The Morgan fingerprint density at radius 1 is 0.885 bits per heavy atom. The molecule has 0 spiro atoms. The third-order valence-corrected chi connectivity index (χ3v) is 10.8. The number of halogens is 1. The van der Waals surface area contributed by atoms with Gasteiger partial charge in [-0.3, -0.25) is 34.3 Å². The lowest BCUT2D eigenvalue weighted by Gasteiger charge is -2.37. The zero-order chi connectivity index (χ0) is 35.9. The van der Waals surface area contributed by atoms with E-state index in [0.29, 0.717) is 39.4 Å². The van der Waals surface area contributed by atoms with Crippen molar-refractivity contribution in [2.24, 2.45) is 5.92 Å². The molecule has 4 aliphatic heterocycles. The van der Waals surface area contributed by atoms with Gasteiger partial charge < -0.3 is 19.5 Å². The molecule has 1 unspecified atom stereocenters. The zero-order valence-corrected chi connectivity index (χ0v) is 29.1. The Kier molecular flexibility index (Phi) is 9.09. The molecule has 2 N–H and O–H groups in total. The fraction of sp³-hybridized carbons (Fsp3) is 0.378. The maximum absolute atomic E-state index is 13.6. The maximum Gasteiger partial charge on any atom is 0.336 e. The normalized spacial score (nSPS) is 20.1. The summed E-state index contributed by atoms with van der Waals surface area (Å²) in [6.45, 7) is 5.89. The molecule has 0 aliphatic carbocycles. The summed E-state index contributed by atoms with van der Waals surface area (Å²) in [7, 11) is 0. The van der Waals surface area contributed by atoms with Gasteiger partial charge in [-0.25, -0.2) is 9.78 Å². The monoisotopic (exact) mass is 724 g/mol. The summed E-state index contributed by atoms with van der Waals surface area (Å²) in [5, 5.41) is 6.71. The average molecular weight is 725 g/mol. The fourth-order valence-electron chi connectivity index (χ4n) is 7.64. The lowest BCUT2D eigenvalue weighted by molar-refractivity contribution is -0.136. The summed E-state index contributed by atoms with van der Waals surface area (Å²) < 4.78 is 5.23. The Labute approximate surface area is 303 Å². The first-order valence-corrected chi connectivity index (χ1v) is 18.0. The number of benzene rings is 2. The third-order valence-electron chi connectivity index (χ3n) is 10.5. The number of carbonyl (C=O) groups is 4. The molecule has 3 fully saturated rings. The van der Waals surface area contributed by atoms with Gasteiger partial charge >= 0.3 is 5.63 Å². The average Bonchev–Trinajstić information content (AvgIpc) is 3.41. The molecular formula is C37H37ClN8O6. The van der Waals surface area contributed by atoms with Crippen molar-refractivity contribution in [2.75, 3.05) is 60.9 Å². The van der Waals surface area contributed by atoms with E-state index in [1.807, 2.05) is 18.2 Å². The summed E-state index contributed by atoms with van der Waals surface area (Å²) in [5.74, 6) is -0.290. The molecule has 2 aromatic carbocycles. The third kappa shape index (κ3) is 6.59. The van der Waals surface area contributed by atoms with Crippen molar-refractivity contribution in [1.29, 1.82) is 0 Å². The molecule has 52 heavy (non-hydrogen) atoms. The maximum atomic E-state index is 13.6. The number of piperidine rings is 2. The van der Waals surface area contributed by atoms with E-state index in [1.165, 1.54) is 6.07 Å². The van der Waals surface area contributed by atoms with Gasteiger partial charge in [0.15, 0.2) is 5.82 Å². The van der Waals surface area contributed by atoms with Crippen LogP contribution < -0.4 is 26.1 Å². The highest BCUT2D eigenvalue weighted by Gasteiger charge is 2.46. The summed E-state index contributed by atoms with van der Waals surface area (Å²) in [5.41, 5.74) is 2.26. The van der Waals surface area contributed by atoms with Crippen LogP contribution in [0, 0.1) is 5.92 Å². The van der Waals surface area contributed by atoms with Crippen molar-refractivity contribution in [2.45, 2.75) is 38.1 Å². The van der Waals surface area contributed by atoms with E-state index in [4.69, 9.17) is 21.0 Å². The number of imide groups is 2. The van der Waals surface area contributed by atoms with Gasteiger partial charge in [-0.1, -0.05) is 17.7 Å². The molecule has 0 radical (unpaired) electrons. The van der Waals surface area contributed by atoms with Crippen molar-refractivity contribution >= 4 is 69.3 Å². The molecule has 268 valence electrons. The number of fused-ring (bicyclic) bond motifs is 2. The molecule has 4 aromatic rings. The van der Waals surface area contributed by atoms with Crippen LogP contribution in [-0.2, 0) is 9.59 Å². The van der Waals surface area contributed by atoms with Crippen LogP contribution in [0.4, 0.5) is 23.1 Å². The highest BCUT2D eigenvalue weighted by atomic mass is 35.5. The van der Waals surface area contributed by atoms with Crippen LogP contribution in [0.2, 0.25) is 5.02 Å². The molecule has 4 aliphatic rings. The minimum atomic E-state index is -0.978.